The average molecular weight is 189 g/mol. The monoisotopic (exact) mass is 188 g/mol. The van der Waals surface area contributed by atoms with Crippen molar-refractivity contribution in [1.29, 1.82) is 0 Å². The maximum absolute atomic E-state index is 5.57. The van der Waals surface area contributed by atoms with Gasteiger partial charge in [0.2, 0.25) is 0 Å². The molecule has 1 rings (SSSR count). The first kappa shape index (κ1) is 8.81. The summed E-state index contributed by atoms with van der Waals surface area (Å²) in [5, 5.41) is 9.52. The molecule has 11 heavy (non-hydrogen) atoms. The number of aromatic nitrogens is 2. The molecule has 2 nitrogen and oxygen atoms in total. The zero-order valence-electron chi connectivity index (χ0n) is 6.41. The molecule has 0 aromatic carbocycles. The molecule has 0 spiro atoms. The molecule has 0 aliphatic rings. The van der Waals surface area contributed by atoms with Crippen molar-refractivity contribution in [2.24, 2.45) is 0 Å². The lowest BCUT2D eigenvalue weighted by Gasteiger charge is -2.01. The Balaban J connectivity index is 2.66. The zero-order chi connectivity index (χ0) is 8.27. The maximum atomic E-state index is 5.57. The van der Waals surface area contributed by atoms with E-state index < -0.39 is 0 Å². The van der Waals surface area contributed by atoms with Crippen LogP contribution in [0.4, 0.5) is 0 Å². The van der Waals surface area contributed by atoms with Crippen LogP contribution in [0.1, 0.15) is 13.8 Å². The van der Waals surface area contributed by atoms with E-state index in [0.29, 0.717) is 10.4 Å². The molecule has 60 valence electrons. The van der Waals surface area contributed by atoms with Crippen LogP contribution >= 0.6 is 23.4 Å². The van der Waals surface area contributed by atoms with Crippen molar-refractivity contribution in [2.75, 3.05) is 0 Å². The van der Waals surface area contributed by atoms with E-state index in [1.807, 2.05) is 6.07 Å². The fraction of sp³-hybridized carbons (Fsp3) is 0.429. The average Bonchev–Trinajstić information content (AvgIpc) is 1.93. The Kier molecular flexibility index (Phi) is 3.15. The third kappa shape index (κ3) is 3.08. The van der Waals surface area contributed by atoms with Crippen molar-refractivity contribution in [1.82, 2.24) is 10.2 Å². The standard InChI is InChI=1S/C7H9ClN2S/c1-5(2)11-7-4-3-6(8)9-10-7/h3-5H,1-2H3. The molecule has 0 atom stereocenters. The Morgan fingerprint density at radius 1 is 1.36 bits per heavy atom. The Morgan fingerprint density at radius 3 is 2.55 bits per heavy atom. The number of hydrogen-bond donors (Lipinski definition) is 0. The topological polar surface area (TPSA) is 25.8 Å². The molecule has 1 heterocycles. The van der Waals surface area contributed by atoms with Crippen molar-refractivity contribution in [2.45, 2.75) is 24.1 Å². The summed E-state index contributed by atoms with van der Waals surface area (Å²) in [7, 11) is 0. The summed E-state index contributed by atoms with van der Waals surface area (Å²) < 4.78 is 0. The summed E-state index contributed by atoms with van der Waals surface area (Å²) in [6, 6.07) is 3.62. The van der Waals surface area contributed by atoms with Gasteiger partial charge in [-0.2, -0.15) is 0 Å². The SMILES string of the molecule is CC(C)Sc1ccc(Cl)nn1. The van der Waals surface area contributed by atoms with Crippen LogP contribution in [-0.4, -0.2) is 15.4 Å². The molecule has 0 aliphatic carbocycles. The lowest BCUT2D eigenvalue weighted by atomic mass is 10.6. The van der Waals surface area contributed by atoms with E-state index in [4.69, 9.17) is 11.6 Å². The van der Waals surface area contributed by atoms with E-state index in [9.17, 15) is 0 Å². The van der Waals surface area contributed by atoms with Crippen LogP contribution in [0.2, 0.25) is 5.15 Å². The van der Waals surface area contributed by atoms with Gasteiger partial charge >= 0.3 is 0 Å². The van der Waals surface area contributed by atoms with Crippen LogP contribution < -0.4 is 0 Å². The van der Waals surface area contributed by atoms with E-state index in [0.717, 1.165) is 5.03 Å². The van der Waals surface area contributed by atoms with Crippen molar-refractivity contribution in [3.05, 3.63) is 17.3 Å². The highest BCUT2D eigenvalue weighted by Gasteiger charge is 1.99. The van der Waals surface area contributed by atoms with Gasteiger partial charge in [-0.05, 0) is 12.1 Å². The minimum atomic E-state index is 0.443. The molecule has 0 bridgehead atoms. The molecule has 0 saturated heterocycles. The summed E-state index contributed by atoms with van der Waals surface area (Å²) in [5.41, 5.74) is 0. The van der Waals surface area contributed by atoms with Gasteiger partial charge in [-0.1, -0.05) is 25.4 Å². The quantitative estimate of drug-likeness (QED) is 0.668. The molecular formula is C7H9ClN2S. The van der Waals surface area contributed by atoms with Crippen LogP contribution in [0.5, 0.6) is 0 Å². The molecule has 0 saturated carbocycles. The summed E-state index contributed by atoms with van der Waals surface area (Å²) in [6.45, 7) is 4.22. The lowest BCUT2D eigenvalue weighted by molar-refractivity contribution is 0.924. The Labute approximate surface area is 75.4 Å². The smallest absolute Gasteiger partial charge is 0.143 e. The van der Waals surface area contributed by atoms with Gasteiger partial charge in [0.05, 0.1) is 0 Å². The predicted octanol–water partition coefficient (Wildman–Crippen LogP) is 2.63. The summed E-state index contributed by atoms with van der Waals surface area (Å²) >= 11 is 7.24. The highest BCUT2D eigenvalue weighted by molar-refractivity contribution is 7.99. The van der Waals surface area contributed by atoms with Crippen LogP contribution in [0.3, 0.4) is 0 Å². The second kappa shape index (κ2) is 3.93. The van der Waals surface area contributed by atoms with Gasteiger partial charge in [0.1, 0.15) is 5.03 Å². The number of rotatable bonds is 2. The van der Waals surface area contributed by atoms with Crippen LogP contribution in [0.15, 0.2) is 17.2 Å². The van der Waals surface area contributed by atoms with E-state index >= 15 is 0 Å². The minimum Gasteiger partial charge on any atom is -0.143 e. The molecule has 0 radical (unpaired) electrons. The van der Waals surface area contributed by atoms with Crippen LogP contribution in [0.25, 0.3) is 0 Å². The van der Waals surface area contributed by atoms with E-state index in [1.54, 1.807) is 17.8 Å². The normalized spacial score (nSPS) is 10.5. The Bertz CT molecular complexity index is 222. The molecule has 0 aliphatic heterocycles. The second-order valence-electron chi connectivity index (χ2n) is 2.36. The van der Waals surface area contributed by atoms with Gasteiger partial charge in [0, 0.05) is 5.25 Å². The molecular weight excluding hydrogens is 180 g/mol. The van der Waals surface area contributed by atoms with E-state index in [2.05, 4.69) is 24.0 Å². The maximum Gasteiger partial charge on any atom is 0.151 e. The van der Waals surface area contributed by atoms with Gasteiger partial charge in [0.15, 0.2) is 5.15 Å². The lowest BCUT2D eigenvalue weighted by Crippen LogP contribution is -1.90. The first-order chi connectivity index (χ1) is 5.18. The van der Waals surface area contributed by atoms with Crippen molar-refractivity contribution < 1.29 is 0 Å². The number of thioether (sulfide) groups is 1. The summed E-state index contributed by atoms with van der Waals surface area (Å²) in [5.74, 6) is 0. The van der Waals surface area contributed by atoms with Gasteiger partial charge in [0.25, 0.3) is 0 Å². The zero-order valence-corrected chi connectivity index (χ0v) is 7.99. The van der Waals surface area contributed by atoms with Crippen molar-refractivity contribution >= 4 is 23.4 Å². The van der Waals surface area contributed by atoms with Crippen molar-refractivity contribution in [3.63, 3.8) is 0 Å². The van der Waals surface area contributed by atoms with E-state index in [1.165, 1.54) is 0 Å². The first-order valence-corrected chi connectivity index (χ1v) is 4.60. The minimum absolute atomic E-state index is 0.443. The molecule has 0 fully saturated rings. The first-order valence-electron chi connectivity index (χ1n) is 3.34. The molecule has 1 aromatic heterocycles. The van der Waals surface area contributed by atoms with Gasteiger partial charge in [-0.25, -0.2) is 0 Å². The number of halogens is 1. The highest BCUT2D eigenvalue weighted by Crippen LogP contribution is 2.19. The summed E-state index contributed by atoms with van der Waals surface area (Å²) in [6.07, 6.45) is 0. The molecule has 0 N–H and O–H groups in total. The Hall–Kier alpha value is -0.280. The number of nitrogens with zero attached hydrogens (tertiary/aromatic N) is 2. The second-order valence-corrected chi connectivity index (χ2v) is 4.34. The third-order valence-corrected chi connectivity index (χ3v) is 2.10. The number of hydrogen-bond acceptors (Lipinski definition) is 3. The molecule has 0 amide bonds. The van der Waals surface area contributed by atoms with E-state index in [-0.39, 0.29) is 0 Å². The molecule has 1 aromatic rings. The molecule has 4 heteroatoms. The highest BCUT2D eigenvalue weighted by atomic mass is 35.5. The van der Waals surface area contributed by atoms with Gasteiger partial charge < -0.3 is 0 Å². The van der Waals surface area contributed by atoms with Gasteiger partial charge in [-0.15, -0.1) is 22.0 Å². The Morgan fingerprint density at radius 2 is 2.09 bits per heavy atom. The fourth-order valence-electron chi connectivity index (χ4n) is 0.608. The van der Waals surface area contributed by atoms with Crippen LogP contribution in [0, 0.1) is 0 Å². The van der Waals surface area contributed by atoms with Crippen molar-refractivity contribution in [3.8, 4) is 0 Å². The van der Waals surface area contributed by atoms with Gasteiger partial charge in [-0.3, -0.25) is 0 Å². The van der Waals surface area contributed by atoms with Crippen LogP contribution in [-0.2, 0) is 0 Å². The third-order valence-electron chi connectivity index (χ3n) is 0.964. The fourth-order valence-corrected chi connectivity index (χ4v) is 1.43. The largest absolute Gasteiger partial charge is 0.151 e. The summed E-state index contributed by atoms with van der Waals surface area (Å²) in [4.78, 5) is 0. The predicted molar refractivity (Wildman–Crippen MR) is 48.0 cm³/mol. The molecule has 0 unspecified atom stereocenters.